The van der Waals surface area contributed by atoms with E-state index in [1.165, 1.54) is 6.42 Å². The van der Waals surface area contributed by atoms with Gasteiger partial charge in [-0.05, 0) is 25.3 Å². The van der Waals surface area contributed by atoms with Gasteiger partial charge in [0.1, 0.15) is 6.61 Å². The molecule has 0 aliphatic heterocycles. The summed E-state index contributed by atoms with van der Waals surface area (Å²) in [6.45, 7) is 3.46. The fourth-order valence-electron chi connectivity index (χ4n) is 2.81. The maximum atomic E-state index is 12.5. The first-order valence-electron chi connectivity index (χ1n) is 7.56. The van der Waals surface area contributed by atoms with Crippen LogP contribution in [-0.4, -0.2) is 19.2 Å². The summed E-state index contributed by atoms with van der Waals surface area (Å²) in [5.41, 5.74) is 0.617. The lowest BCUT2D eigenvalue weighted by atomic mass is 9.74. The molecule has 0 spiro atoms. The Hall–Kier alpha value is -1.35. The molecule has 3 nitrogen and oxygen atoms in total. The Balaban J connectivity index is 1.95. The van der Waals surface area contributed by atoms with Gasteiger partial charge in [0.25, 0.3) is 0 Å². The lowest BCUT2D eigenvalue weighted by molar-refractivity contribution is -0.164. The van der Waals surface area contributed by atoms with Crippen LogP contribution in [0.5, 0.6) is 0 Å². The van der Waals surface area contributed by atoms with Crippen LogP contribution in [0.4, 0.5) is 0 Å². The Morgan fingerprint density at radius 3 is 2.50 bits per heavy atom. The summed E-state index contributed by atoms with van der Waals surface area (Å²) in [7, 11) is 0. The van der Waals surface area contributed by atoms with Crippen molar-refractivity contribution >= 4 is 5.97 Å². The van der Waals surface area contributed by atoms with Gasteiger partial charge >= 0.3 is 5.97 Å². The molecule has 110 valence electrons. The maximum Gasteiger partial charge on any atom is 0.314 e. The molecule has 1 aliphatic carbocycles. The van der Waals surface area contributed by atoms with Gasteiger partial charge in [0.15, 0.2) is 0 Å². The van der Waals surface area contributed by atoms with Crippen LogP contribution >= 0.6 is 0 Å². The van der Waals surface area contributed by atoms with Crippen molar-refractivity contribution in [3.63, 3.8) is 0 Å². The van der Waals surface area contributed by atoms with E-state index in [1.807, 2.05) is 37.3 Å². The Kier molecular flexibility index (Phi) is 5.60. The highest BCUT2D eigenvalue weighted by Gasteiger charge is 2.41. The predicted octanol–water partition coefficient (Wildman–Crippen LogP) is 3.72. The van der Waals surface area contributed by atoms with Gasteiger partial charge in [-0.3, -0.25) is 4.79 Å². The lowest BCUT2D eigenvalue weighted by Gasteiger charge is -2.34. The first kappa shape index (κ1) is 15.0. The van der Waals surface area contributed by atoms with Gasteiger partial charge in [0.2, 0.25) is 0 Å². The SMILES string of the molecule is CCOCC1(C(=O)OCc2ccccc2)CCCCC1. The minimum Gasteiger partial charge on any atom is -0.460 e. The zero-order valence-electron chi connectivity index (χ0n) is 12.3. The molecule has 0 aromatic heterocycles. The van der Waals surface area contributed by atoms with Crippen LogP contribution < -0.4 is 0 Å². The quantitative estimate of drug-likeness (QED) is 0.743. The standard InChI is InChI=1S/C17H24O3/c1-2-19-14-17(11-7-4-8-12-17)16(18)20-13-15-9-5-3-6-10-15/h3,5-6,9-10H,2,4,7-8,11-14H2,1H3. The van der Waals surface area contributed by atoms with Crippen molar-refractivity contribution in [2.75, 3.05) is 13.2 Å². The molecule has 3 heteroatoms. The van der Waals surface area contributed by atoms with Crippen LogP contribution in [-0.2, 0) is 20.9 Å². The van der Waals surface area contributed by atoms with E-state index >= 15 is 0 Å². The number of ether oxygens (including phenoxy) is 2. The zero-order chi connectivity index (χ0) is 14.3. The number of rotatable bonds is 6. The molecule has 20 heavy (non-hydrogen) atoms. The summed E-state index contributed by atoms with van der Waals surface area (Å²) in [4.78, 5) is 12.5. The molecule has 1 fully saturated rings. The van der Waals surface area contributed by atoms with E-state index in [-0.39, 0.29) is 5.97 Å². The zero-order valence-corrected chi connectivity index (χ0v) is 12.3. The second-order valence-electron chi connectivity index (χ2n) is 5.54. The van der Waals surface area contributed by atoms with Gasteiger partial charge in [-0.2, -0.15) is 0 Å². The first-order valence-corrected chi connectivity index (χ1v) is 7.56. The lowest BCUT2D eigenvalue weighted by Crippen LogP contribution is -2.39. The van der Waals surface area contributed by atoms with Crippen LogP contribution in [0.2, 0.25) is 0 Å². The average molecular weight is 276 g/mol. The molecule has 1 saturated carbocycles. The third kappa shape index (κ3) is 3.83. The number of carbonyl (C=O) groups excluding carboxylic acids is 1. The third-order valence-electron chi connectivity index (χ3n) is 4.04. The van der Waals surface area contributed by atoms with Crippen molar-refractivity contribution in [3.8, 4) is 0 Å². The normalized spacial score (nSPS) is 17.6. The predicted molar refractivity (Wildman–Crippen MR) is 78.2 cm³/mol. The van der Waals surface area contributed by atoms with Crippen molar-refractivity contribution in [1.29, 1.82) is 0 Å². The number of carbonyl (C=O) groups is 1. The van der Waals surface area contributed by atoms with Crippen LogP contribution in [0.1, 0.15) is 44.6 Å². The molecule has 0 unspecified atom stereocenters. The third-order valence-corrected chi connectivity index (χ3v) is 4.04. The van der Waals surface area contributed by atoms with Gasteiger partial charge in [-0.1, -0.05) is 49.6 Å². The molecule has 0 radical (unpaired) electrons. The summed E-state index contributed by atoms with van der Waals surface area (Å²) < 4.78 is 11.1. The second kappa shape index (κ2) is 7.44. The molecule has 0 saturated heterocycles. The second-order valence-corrected chi connectivity index (χ2v) is 5.54. The topological polar surface area (TPSA) is 35.5 Å². The Labute approximate surface area is 121 Å². The van der Waals surface area contributed by atoms with Crippen LogP contribution in [0, 0.1) is 5.41 Å². The van der Waals surface area contributed by atoms with E-state index in [0.29, 0.717) is 19.8 Å². The molecular formula is C17H24O3. The van der Waals surface area contributed by atoms with Gasteiger partial charge in [0, 0.05) is 6.61 Å². The highest BCUT2D eigenvalue weighted by molar-refractivity contribution is 5.77. The van der Waals surface area contributed by atoms with Crippen LogP contribution in [0.25, 0.3) is 0 Å². The molecule has 0 N–H and O–H groups in total. The Morgan fingerprint density at radius 1 is 1.15 bits per heavy atom. The minimum atomic E-state index is -0.414. The minimum absolute atomic E-state index is 0.0884. The van der Waals surface area contributed by atoms with E-state index in [4.69, 9.17) is 9.47 Å². The molecular weight excluding hydrogens is 252 g/mol. The monoisotopic (exact) mass is 276 g/mol. The van der Waals surface area contributed by atoms with Crippen LogP contribution in [0.15, 0.2) is 30.3 Å². The van der Waals surface area contributed by atoms with E-state index in [2.05, 4.69) is 0 Å². The van der Waals surface area contributed by atoms with Gasteiger partial charge < -0.3 is 9.47 Å². The Bertz CT molecular complexity index is 408. The number of esters is 1. The Morgan fingerprint density at radius 2 is 1.85 bits per heavy atom. The number of hydrogen-bond acceptors (Lipinski definition) is 3. The molecule has 0 heterocycles. The van der Waals surface area contributed by atoms with Crippen molar-refractivity contribution in [3.05, 3.63) is 35.9 Å². The van der Waals surface area contributed by atoms with E-state index in [0.717, 1.165) is 31.2 Å². The fraction of sp³-hybridized carbons (Fsp3) is 0.588. The summed E-state index contributed by atoms with van der Waals surface area (Å²) in [5, 5.41) is 0. The summed E-state index contributed by atoms with van der Waals surface area (Å²) in [6.07, 6.45) is 5.17. The first-order chi connectivity index (χ1) is 9.77. The van der Waals surface area contributed by atoms with Gasteiger partial charge in [-0.15, -0.1) is 0 Å². The van der Waals surface area contributed by atoms with E-state index in [9.17, 15) is 4.79 Å². The van der Waals surface area contributed by atoms with E-state index < -0.39 is 5.41 Å². The number of benzene rings is 1. The average Bonchev–Trinajstić information content (AvgIpc) is 2.52. The van der Waals surface area contributed by atoms with Gasteiger partial charge in [0.05, 0.1) is 12.0 Å². The molecule has 1 aromatic carbocycles. The van der Waals surface area contributed by atoms with Crippen molar-refractivity contribution < 1.29 is 14.3 Å². The van der Waals surface area contributed by atoms with Crippen LogP contribution in [0.3, 0.4) is 0 Å². The fourth-order valence-corrected chi connectivity index (χ4v) is 2.81. The highest BCUT2D eigenvalue weighted by Crippen LogP contribution is 2.38. The van der Waals surface area contributed by atoms with E-state index in [1.54, 1.807) is 0 Å². The van der Waals surface area contributed by atoms with Crippen molar-refractivity contribution in [2.45, 2.75) is 45.6 Å². The molecule has 0 bridgehead atoms. The number of hydrogen-bond donors (Lipinski definition) is 0. The maximum absolute atomic E-state index is 12.5. The molecule has 0 amide bonds. The summed E-state index contributed by atoms with van der Waals surface area (Å²) >= 11 is 0. The van der Waals surface area contributed by atoms with Gasteiger partial charge in [-0.25, -0.2) is 0 Å². The largest absolute Gasteiger partial charge is 0.460 e. The van der Waals surface area contributed by atoms with Crippen molar-refractivity contribution in [1.82, 2.24) is 0 Å². The molecule has 2 rings (SSSR count). The molecule has 1 aromatic rings. The smallest absolute Gasteiger partial charge is 0.314 e. The molecule has 0 atom stereocenters. The molecule has 1 aliphatic rings. The summed E-state index contributed by atoms with van der Waals surface area (Å²) in [6, 6.07) is 9.83. The van der Waals surface area contributed by atoms with Crippen molar-refractivity contribution in [2.24, 2.45) is 5.41 Å². The highest BCUT2D eigenvalue weighted by atomic mass is 16.5. The summed E-state index contributed by atoms with van der Waals surface area (Å²) in [5.74, 6) is -0.0884.